The number of hydrogen-bond donors (Lipinski definition) is 3. The Labute approximate surface area is 192 Å². The summed E-state index contributed by atoms with van der Waals surface area (Å²) in [7, 11) is -3.49. The molecule has 0 atom stereocenters. The topological polar surface area (TPSA) is 114 Å². The van der Waals surface area contributed by atoms with E-state index in [4.69, 9.17) is 5.73 Å². The largest absolute Gasteiger partial charge is 0.383 e. The van der Waals surface area contributed by atoms with Gasteiger partial charge in [0.2, 0.25) is 10.0 Å². The number of hydrogen-bond acceptors (Lipinski definition) is 5. The molecule has 2 saturated carbocycles. The molecule has 1 spiro atoms. The average molecular weight is 461 g/mol. The second-order valence-electron chi connectivity index (χ2n) is 9.30. The number of anilines is 1. The van der Waals surface area contributed by atoms with Crippen LogP contribution >= 0.6 is 0 Å². The van der Waals surface area contributed by atoms with Gasteiger partial charge in [-0.05, 0) is 72.7 Å². The van der Waals surface area contributed by atoms with E-state index in [0.717, 1.165) is 59.1 Å². The van der Waals surface area contributed by atoms with Gasteiger partial charge in [0.05, 0.1) is 4.90 Å². The van der Waals surface area contributed by atoms with Crippen LogP contribution < -0.4 is 15.8 Å². The summed E-state index contributed by atoms with van der Waals surface area (Å²) in [6.45, 7) is 0.681. The summed E-state index contributed by atoms with van der Waals surface area (Å²) in [5.41, 5.74) is 11.5. The molecule has 0 bridgehead atoms. The number of fused-ring (bicyclic) bond motifs is 2. The van der Waals surface area contributed by atoms with Gasteiger partial charge in [0.25, 0.3) is 5.91 Å². The Morgan fingerprint density at radius 3 is 2.39 bits per heavy atom. The van der Waals surface area contributed by atoms with Gasteiger partial charge in [0.15, 0.2) is 0 Å². The van der Waals surface area contributed by atoms with Gasteiger partial charge in [0, 0.05) is 40.9 Å². The molecule has 2 heterocycles. The van der Waals surface area contributed by atoms with Crippen molar-refractivity contribution in [2.24, 2.45) is 0 Å². The fraction of sp³-hybridized carbons (Fsp3) is 0.280. The van der Waals surface area contributed by atoms with Crippen molar-refractivity contribution in [1.82, 2.24) is 15.0 Å². The van der Waals surface area contributed by atoms with Crippen LogP contribution in [0.15, 0.2) is 59.6 Å². The predicted molar refractivity (Wildman–Crippen MR) is 126 cm³/mol. The van der Waals surface area contributed by atoms with Crippen LogP contribution in [0.5, 0.6) is 0 Å². The average Bonchev–Trinajstić information content (AvgIpc) is 3.75. The number of amides is 1. The van der Waals surface area contributed by atoms with Gasteiger partial charge in [0.1, 0.15) is 5.82 Å². The maximum Gasteiger partial charge on any atom is 0.251 e. The van der Waals surface area contributed by atoms with Crippen molar-refractivity contribution in [3.63, 3.8) is 0 Å². The summed E-state index contributed by atoms with van der Waals surface area (Å²) in [5.74, 6) is 0.386. The first-order valence-corrected chi connectivity index (χ1v) is 12.6. The number of carbonyl (C=O) groups is 1. The maximum atomic E-state index is 12.4. The Balaban J connectivity index is 1.35. The number of carbonyl (C=O) groups excluding carboxylic acids is 1. The molecule has 7 nitrogen and oxygen atoms in total. The van der Waals surface area contributed by atoms with E-state index >= 15 is 0 Å². The third-order valence-electron chi connectivity index (χ3n) is 6.90. The van der Waals surface area contributed by atoms with E-state index in [9.17, 15) is 13.2 Å². The molecule has 33 heavy (non-hydrogen) atoms. The summed E-state index contributed by atoms with van der Waals surface area (Å²) < 4.78 is 27.6. The van der Waals surface area contributed by atoms with Crippen LogP contribution in [0.1, 0.15) is 41.6 Å². The SMILES string of the molecule is Nc1ncc(-c2ccc(S(=O)(=O)NC3CC3)cc2)cc1-c1ccc2c(c1)C1(CC1)CNC2=O. The predicted octanol–water partition coefficient (Wildman–Crippen LogP) is 3.21. The number of nitrogens with zero attached hydrogens (tertiary/aromatic N) is 1. The molecule has 2 fully saturated rings. The Morgan fingerprint density at radius 2 is 1.70 bits per heavy atom. The maximum absolute atomic E-state index is 12.4. The first-order valence-electron chi connectivity index (χ1n) is 11.2. The molecular weight excluding hydrogens is 436 g/mol. The zero-order chi connectivity index (χ0) is 22.8. The van der Waals surface area contributed by atoms with E-state index < -0.39 is 10.0 Å². The van der Waals surface area contributed by atoms with Crippen LogP contribution in [-0.2, 0) is 15.4 Å². The molecular formula is C25H24N4O3S. The molecule has 0 unspecified atom stereocenters. The lowest BCUT2D eigenvalue weighted by Gasteiger charge is -2.26. The van der Waals surface area contributed by atoms with E-state index in [1.54, 1.807) is 30.5 Å². The third kappa shape index (κ3) is 3.59. The highest BCUT2D eigenvalue weighted by Crippen LogP contribution is 2.51. The highest BCUT2D eigenvalue weighted by Gasteiger charge is 2.48. The van der Waals surface area contributed by atoms with Gasteiger partial charge in [-0.3, -0.25) is 4.79 Å². The van der Waals surface area contributed by atoms with Gasteiger partial charge in [-0.15, -0.1) is 0 Å². The summed E-state index contributed by atoms with van der Waals surface area (Å²) in [6.07, 6.45) is 5.63. The van der Waals surface area contributed by atoms with Gasteiger partial charge < -0.3 is 11.1 Å². The van der Waals surface area contributed by atoms with E-state index in [1.165, 1.54) is 0 Å². The van der Waals surface area contributed by atoms with Gasteiger partial charge in [-0.2, -0.15) is 0 Å². The fourth-order valence-corrected chi connectivity index (χ4v) is 5.87. The van der Waals surface area contributed by atoms with Crippen LogP contribution in [0.4, 0.5) is 5.82 Å². The van der Waals surface area contributed by atoms with Gasteiger partial charge >= 0.3 is 0 Å². The Hall–Kier alpha value is -3.23. The second kappa shape index (κ2) is 7.13. The summed E-state index contributed by atoms with van der Waals surface area (Å²) in [6, 6.07) is 14.7. The minimum Gasteiger partial charge on any atom is -0.383 e. The van der Waals surface area contributed by atoms with Gasteiger partial charge in [-0.25, -0.2) is 18.1 Å². The van der Waals surface area contributed by atoms with Crippen molar-refractivity contribution < 1.29 is 13.2 Å². The minimum absolute atomic E-state index is 0.0276. The number of benzene rings is 2. The molecule has 2 aliphatic carbocycles. The van der Waals surface area contributed by atoms with Crippen LogP contribution in [0.25, 0.3) is 22.3 Å². The Kier molecular flexibility index (Phi) is 4.41. The van der Waals surface area contributed by atoms with Crippen molar-refractivity contribution >= 4 is 21.7 Å². The van der Waals surface area contributed by atoms with Crippen molar-refractivity contribution in [3.05, 3.63) is 65.9 Å². The quantitative estimate of drug-likeness (QED) is 0.541. The van der Waals surface area contributed by atoms with Crippen molar-refractivity contribution in [2.45, 2.75) is 42.0 Å². The third-order valence-corrected chi connectivity index (χ3v) is 8.44. The number of aromatic nitrogens is 1. The summed E-state index contributed by atoms with van der Waals surface area (Å²) in [5, 5.41) is 3.00. The lowest BCUT2D eigenvalue weighted by atomic mass is 9.85. The van der Waals surface area contributed by atoms with Crippen molar-refractivity contribution in [2.75, 3.05) is 12.3 Å². The normalized spacial score (nSPS) is 18.6. The molecule has 8 heteroatoms. The minimum atomic E-state index is -3.49. The highest BCUT2D eigenvalue weighted by molar-refractivity contribution is 7.89. The lowest BCUT2D eigenvalue weighted by Crippen LogP contribution is -2.39. The monoisotopic (exact) mass is 460 g/mol. The van der Waals surface area contributed by atoms with E-state index in [-0.39, 0.29) is 22.3 Å². The van der Waals surface area contributed by atoms with Gasteiger partial charge in [-0.1, -0.05) is 18.2 Å². The number of sulfonamides is 1. The fourth-order valence-electron chi connectivity index (χ4n) is 4.57. The molecule has 1 aliphatic heterocycles. The number of pyridine rings is 1. The van der Waals surface area contributed by atoms with Crippen molar-refractivity contribution in [1.29, 1.82) is 0 Å². The smallest absolute Gasteiger partial charge is 0.251 e. The number of nitrogens with one attached hydrogen (secondary N) is 2. The zero-order valence-corrected chi connectivity index (χ0v) is 18.8. The molecule has 0 radical (unpaired) electrons. The Bertz CT molecular complexity index is 1390. The number of nitrogens with two attached hydrogens (primary N) is 1. The van der Waals surface area contributed by atoms with Crippen LogP contribution in [-0.4, -0.2) is 31.9 Å². The lowest BCUT2D eigenvalue weighted by molar-refractivity contribution is 0.0937. The first kappa shape index (κ1) is 20.4. The van der Waals surface area contributed by atoms with Crippen LogP contribution in [0.2, 0.25) is 0 Å². The first-order chi connectivity index (χ1) is 15.8. The van der Waals surface area contributed by atoms with Crippen LogP contribution in [0, 0.1) is 0 Å². The standard InChI is InChI=1S/C25H24N4O3S/c26-23-21(16-3-8-20-22(12-16)25(9-10-25)14-28-24(20)30)11-17(13-27-23)15-1-6-19(7-2-15)33(31,32)29-18-4-5-18/h1-3,6-8,11-13,18,29H,4-5,9-10,14H2,(H2,26,27)(H,28,30). The van der Waals surface area contributed by atoms with E-state index in [1.807, 2.05) is 18.2 Å². The molecule has 2 aromatic carbocycles. The number of nitrogen functional groups attached to an aromatic ring is 1. The summed E-state index contributed by atoms with van der Waals surface area (Å²) in [4.78, 5) is 17.0. The molecule has 3 aliphatic rings. The zero-order valence-electron chi connectivity index (χ0n) is 18.0. The Morgan fingerprint density at radius 1 is 0.970 bits per heavy atom. The molecule has 1 aromatic heterocycles. The molecule has 6 rings (SSSR count). The molecule has 1 amide bonds. The number of rotatable bonds is 5. The van der Waals surface area contributed by atoms with Crippen molar-refractivity contribution in [3.8, 4) is 22.3 Å². The molecule has 168 valence electrons. The molecule has 0 saturated heterocycles. The summed E-state index contributed by atoms with van der Waals surface area (Å²) >= 11 is 0. The van der Waals surface area contributed by atoms with E-state index in [0.29, 0.717) is 12.4 Å². The highest BCUT2D eigenvalue weighted by atomic mass is 32.2. The van der Waals surface area contributed by atoms with Crippen LogP contribution in [0.3, 0.4) is 0 Å². The molecule has 4 N–H and O–H groups in total. The molecule has 3 aromatic rings. The second-order valence-corrected chi connectivity index (χ2v) is 11.0. The van der Waals surface area contributed by atoms with E-state index in [2.05, 4.69) is 21.1 Å².